The van der Waals surface area contributed by atoms with E-state index in [1.807, 2.05) is 0 Å². The number of carbonyl (C=O) groups excluding carboxylic acids is 1. The molecule has 0 aliphatic carbocycles. The maximum Gasteiger partial charge on any atom is 0.259 e. The summed E-state index contributed by atoms with van der Waals surface area (Å²) < 4.78 is 6.89. The summed E-state index contributed by atoms with van der Waals surface area (Å²) in [5.41, 5.74) is 0. The van der Waals surface area contributed by atoms with Gasteiger partial charge in [0.1, 0.15) is 6.26 Å². The molecule has 1 radical (unpaired) electrons. The summed E-state index contributed by atoms with van der Waals surface area (Å²) in [7, 11) is 0. The van der Waals surface area contributed by atoms with Gasteiger partial charge in [-0.2, -0.15) is 0 Å². The van der Waals surface area contributed by atoms with Crippen LogP contribution in [0, 0.1) is 0 Å². The zero-order chi connectivity index (χ0) is 5.11. The Morgan fingerprint density at radius 2 is 2.50 bits per heavy atom. The second kappa shape index (κ2) is 4.84. The maximum absolute atomic E-state index is 10.2. The molecule has 1 rings (SSSR count). The van der Waals surface area contributed by atoms with Crippen LogP contribution in [0.3, 0.4) is 0 Å². The van der Waals surface area contributed by atoms with Crippen molar-refractivity contribution in [2.75, 3.05) is 0 Å². The average molecular weight is 156 g/mol. The summed E-state index contributed by atoms with van der Waals surface area (Å²) in [5, 5.41) is 0. The van der Waals surface area contributed by atoms with Gasteiger partial charge in [-0.15, -0.1) is 0 Å². The maximum atomic E-state index is 10.2. The molecule has 0 aromatic carbocycles. The molecular formula is C3H3KNO2S. The van der Waals surface area contributed by atoms with Crippen molar-refractivity contribution >= 4 is 69.5 Å². The van der Waals surface area contributed by atoms with Gasteiger partial charge in [-0.05, 0) is 0 Å². The first kappa shape index (κ1) is 9.00. The third kappa shape index (κ3) is 3.11. The Bertz CT molecular complexity index is 116. The Balaban J connectivity index is 0.000000490. The van der Waals surface area contributed by atoms with E-state index in [0.29, 0.717) is 0 Å². The molecule has 0 atom stereocenters. The van der Waals surface area contributed by atoms with Gasteiger partial charge in [-0.1, -0.05) is 0 Å². The van der Waals surface area contributed by atoms with Crippen molar-refractivity contribution in [3.63, 3.8) is 0 Å². The Hall–Kier alpha value is 0.996. The third-order valence-electron chi connectivity index (χ3n) is 0.465. The fraction of sp³-hybridized carbons (Fsp3) is 0. The Morgan fingerprint density at radius 1 is 1.75 bits per heavy atom. The molecule has 0 aromatic rings. The molecule has 1 heterocycles. The largest absolute Gasteiger partial charge is 0.413 e. The minimum atomic E-state index is -0.128. The first-order valence-electron chi connectivity index (χ1n) is 1.68. The van der Waals surface area contributed by atoms with E-state index in [4.69, 9.17) is 0 Å². The van der Waals surface area contributed by atoms with E-state index in [-0.39, 0.29) is 57.3 Å². The van der Waals surface area contributed by atoms with Crippen LogP contribution in [-0.2, 0) is 8.98 Å². The van der Waals surface area contributed by atoms with Gasteiger partial charge in [0.2, 0.25) is 0 Å². The zero-order valence-corrected chi connectivity index (χ0v) is 8.32. The molecule has 0 fully saturated rings. The molecule has 0 bridgehead atoms. The van der Waals surface area contributed by atoms with E-state index in [9.17, 15) is 4.79 Å². The third-order valence-corrected chi connectivity index (χ3v) is 0.957. The molecular weight excluding hydrogens is 153 g/mol. The van der Waals surface area contributed by atoms with Gasteiger partial charge in [0.05, 0.1) is 0 Å². The second-order valence-corrected chi connectivity index (χ2v) is 1.51. The first-order valence-corrected chi connectivity index (χ1v) is 2.42. The number of amides is 1. The van der Waals surface area contributed by atoms with E-state index >= 15 is 0 Å². The van der Waals surface area contributed by atoms with Crippen LogP contribution in [0.2, 0.25) is 0 Å². The quantitative estimate of drug-likeness (QED) is 0.300. The van der Waals surface area contributed by atoms with E-state index in [0.717, 1.165) is 12.2 Å². The summed E-state index contributed by atoms with van der Waals surface area (Å²) in [6.07, 6.45) is 2.65. The van der Waals surface area contributed by atoms with Gasteiger partial charge in [-0.25, -0.2) is 0 Å². The molecule has 1 aliphatic rings. The van der Waals surface area contributed by atoms with Crippen LogP contribution < -0.4 is 4.72 Å². The number of hydrogen-bond acceptors (Lipinski definition) is 3. The van der Waals surface area contributed by atoms with Crippen LogP contribution >= 0.6 is 12.2 Å². The van der Waals surface area contributed by atoms with Crippen LogP contribution in [-0.4, -0.2) is 57.3 Å². The molecule has 0 aromatic heterocycles. The minimum absolute atomic E-state index is 0. The summed E-state index contributed by atoms with van der Waals surface area (Å²) in [6.45, 7) is 0. The number of rotatable bonds is 0. The molecule has 0 spiro atoms. The van der Waals surface area contributed by atoms with Gasteiger partial charge in [0.15, 0.2) is 12.2 Å². The van der Waals surface area contributed by atoms with Crippen molar-refractivity contribution in [3.05, 3.63) is 12.3 Å². The molecule has 5 heteroatoms. The monoisotopic (exact) mass is 156 g/mol. The van der Waals surface area contributed by atoms with Gasteiger partial charge >= 0.3 is 0 Å². The number of hydrogen-bond donors (Lipinski definition) is 1. The van der Waals surface area contributed by atoms with E-state index in [2.05, 4.69) is 8.91 Å². The number of carbonyl (C=O) groups is 1. The standard InChI is InChI=1S/C3H3NO2S.K/c5-3-1-2-6-7-4-3;/h1-2H,(H,4,5);. The first-order chi connectivity index (χ1) is 3.39. The summed E-state index contributed by atoms with van der Waals surface area (Å²) >= 11 is 0.917. The Kier molecular flexibility index (Phi) is 5.44. The van der Waals surface area contributed by atoms with Crippen molar-refractivity contribution in [1.29, 1.82) is 0 Å². The van der Waals surface area contributed by atoms with Crippen molar-refractivity contribution < 1.29 is 8.98 Å². The predicted octanol–water partition coefficient (Wildman–Crippen LogP) is -0.171. The van der Waals surface area contributed by atoms with Crippen LogP contribution in [0.1, 0.15) is 0 Å². The van der Waals surface area contributed by atoms with Crippen LogP contribution in [0.4, 0.5) is 0 Å². The molecule has 8 heavy (non-hydrogen) atoms. The summed E-state index contributed by atoms with van der Waals surface area (Å²) in [4.78, 5) is 10.2. The van der Waals surface area contributed by atoms with Crippen molar-refractivity contribution in [2.45, 2.75) is 0 Å². The minimum Gasteiger partial charge on any atom is -0.413 e. The van der Waals surface area contributed by atoms with Crippen molar-refractivity contribution in [2.24, 2.45) is 0 Å². The molecule has 1 amide bonds. The van der Waals surface area contributed by atoms with Crippen LogP contribution in [0.25, 0.3) is 0 Å². The van der Waals surface area contributed by atoms with E-state index in [1.165, 1.54) is 12.3 Å². The molecule has 1 aliphatic heterocycles. The number of nitrogens with one attached hydrogen (secondary N) is 1. The van der Waals surface area contributed by atoms with Crippen LogP contribution in [0.15, 0.2) is 12.3 Å². The SMILES string of the molecule is O=C1C=COSN1.[K]. The average Bonchev–Trinajstić information content (AvgIpc) is 1.69. The van der Waals surface area contributed by atoms with Gasteiger partial charge in [0, 0.05) is 57.5 Å². The fourth-order valence-corrected chi connectivity index (χ4v) is 0.526. The van der Waals surface area contributed by atoms with Crippen LogP contribution in [0.5, 0.6) is 0 Å². The molecule has 0 saturated carbocycles. The molecule has 0 unspecified atom stereocenters. The zero-order valence-electron chi connectivity index (χ0n) is 4.38. The Morgan fingerprint density at radius 3 is 2.75 bits per heavy atom. The van der Waals surface area contributed by atoms with Gasteiger partial charge < -0.3 is 4.18 Å². The van der Waals surface area contributed by atoms with E-state index < -0.39 is 0 Å². The molecule has 3 nitrogen and oxygen atoms in total. The summed E-state index contributed by atoms with van der Waals surface area (Å²) in [5.74, 6) is -0.128. The van der Waals surface area contributed by atoms with Gasteiger partial charge in [0.25, 0.3) is 5.91 Å². The van der Waals surface area contributed by atoms with Gasteiger partial charge in [-0.3, -0.25) is 9.52 Å². The molecule has 1 N–H and O–H groups in total. The Labute approximate surface area is 94.0 Å². The molecule has 0 saturated heterocycles. The fourth-order valence-electron chi connectivity index (χ4n) is 0.216. The van der Waals surface area contributed by atoms with Crippen molar-refractivity contribution in [1.82, 2.24) is 4.72 Å². The van der Waals surface area contributed by atoms with E-state index in [1.54, 1.807) is 0 Å². The van der Waals surface area contributed by atoms with Crippen molar-refractivity contribution in [3.8, 4) is 0 Å². The topological polar surface area (TPSA) is 38.3 Å². The predicted molar refractivity (Wildman–Crippen MR) is 31.7 cm³/mol. The second-order valence-electron chi connectivity index (χ2n) is 0.949. The summed E-state index contributed by atoms with van der Waals surface area (Å²) in [6, 6.07) is 0. The smallest absolute Gasteiger partial charge is 0.259 e. The normalized spacial score (nSPS) is 15.8. The molecule has 39 valence electrons.